The van der Waals surface area contributed by atoms with Gasteiger partial charge in [0.15, 0.2) is 0 Å². The fourth-order valence-corrected chi connectivity index (χ4v) is 3.92. The molecule has 3 N–H and O–H groups in total. The van der Waals surface area contributed by atoms with Gasteiger partial charge in [-0.25, -0.2) is 0 Å². The zero-order valence-corrected chi connectivity index (χ0v) is 13.0. The van der Waals surface area contributed by atoms with Crippen LogP contribution >= 0.6 is 12.2 Å². The number of nitrogens with zero attached hydrogens (tertiary/aromatic N) is 1. The normalized spacial score (nSPS) is 26.9. The van der Waals surface area contributed by atoms with E-state index in [0.29, 0.717) is 4.99 Å². The van der Waals surface area contributed by atoms with Crippen LogP contribution in [0, 0.1) is 5.41 Å². The van der Waals surface area contributed by atoms with Gasteiger partial charge in [-0.05, 0) is 25.7 Å². The Morgan fingerprint density at radius 2 is 1.85 bits per heavy atom. The molecule has 1 aliphatic carbocycles. The van der Waals surface area contributed by atoms with Gasteiger partial charge in [0.1, 0.15) is 0 Å². The van der Waals surface area contributed by atoms with Crippen LogP contribution in [0.5, 0.6) is 0 Å². The van der Waals surface area contributed by atoms with Gasteiger partial charge in [0.05, 0.1) is 23.1 Å². The van der Waals surface area contributed by atoms with E-state index in [4.69, 9.17) is 18.0 Å². The quantitative estimate of drug-likeness (QED) is 0.782. The molecule has 1 saturated carbocycles. The smallest absolute Gasteiger partial charge is 0.235 e. The van der Waals surface area contributed by atoms with Crippen molar-refractivity contribution in [3.63, 3.8) is 0 Å². The number of likely N-dealkylation sites (tertiary alicyclic amines) is 1. The summed E-state index contributed by atoms with van der Waals surface area (Å²) in [4.78, 5) is 15.3. The molecule has 0 bridgehead atoms. The van der Waals surface area contributed by atoms with Gasteiger partial charge >= 0.3 is 0 Å². The van der Waals surface area contributed by atoms with Gasteiger partial charge in [0.25, 0.3) is 0 Å². The third-order valence-corrected chi connectivity index (χ3v) is 5.33. The number of hydrogen-bond acceptors (Lipinski definition) is 3. The highest BCUT2D eigenvalue weighted by Gasteiger charge is 2.46. The molecule has 0 radical (unpaired) electrons. The predicted octanol–water partition coefficient (Wildman–Crippen LogP) is 1.99. The molecule has 2 fully saturated rings. The molecule has 114 valence electrons. The Morgan fingerprint density at radius 3 is 2.45 bits per heavy atom. The van der Waals surface area contributed by atoms with Crippen LogP contribution in [0.25, 0.3) is 0 Å². The highest BCUT2D eigenvalue weighted by atomic mass is 32.1. The molecule has 2 aliphatic rings. The maximum atomic E-state index is 13.1. The molecule has 1 heterocycles. The molecule has 1 amide bonds. The summed E-state index contributed by atoms with van der Waals surface area (Å²) in [6.45, 7) is 0.771. The van der Waals surface area contributed by atoms with Gasteiger partial charge < -0.3 is 15.7 Å². The monoisotopic (exact) mass is 298 g/mol. The van der Waals surface area contributed by atoms with Gasteiger partial charge in [-0.15, -0.1) is 0 Å². The van der Waals surface area contributed by atoms with Crippen LogP contribution in [0.1, 0.15) is 57.8 Å². The van der Waals surface area contributed by atoms with E-state index in [0.717, 1.165) is 64.3 Å². The van der Waals surface area contributed by atoms with E-state index in [1.165, 1.54) is 0 Å². The van der Waals surface area contributed by atoms with Crippen molar-refractivity contribution in [1.82, 2.24) is 4.90 Å². The molecule has 4 nitrogen and oxygen atoms in total. The summed E-state index contributed by atoms with van der Waals surface area (Å²) in [7, 11) is 0. The standard InChI is InChI=1S/C15H26N2O2S/c16-13(20)15(8-4-2-5-9-15)14(19)17-10-6-1-3-7-12(17)11-18/h12,18H,1-11H2,(H2,16,20). The number of hydrogen-bond donors (Lipinski definition) is 2. The van der Waals surface area contributed by atoms with Crippen LogP contribution < -0.4 is 5.73 Å². The molecule has 5 heteroatoms. The van der Waals surface area contributed by atoms with Gasteiger partial charge in [0.2, 0.25) is 5.91 Å². The molecule has 0 spiro atoms. The topological polar surface area (TPSA) is 66.6 Å². The van der Waals surface area contributed by atoms with E-state index in [-0.39, 0.29) is 18.6 Å². The van der Waals surface area contributed by atoms with Crippen molar-refractivity contribution in [2.75, 3.05) is 13.2 Å². The van der Waals surface area contributed by atoms with Crippen molar-refractivity contribution in [1.29, 1.82) is 0 Å². The Labute approximate surface area is 126 Å². The fourth-order valence-electron chi connectivity index (χ4n) is 3.63. The average Bonchev–Trinajstić information content (AvgIpc) is 2.72. The third-order valence-electron chi connectivity index (χ3n) is 4.94. The summed E-state index contributed by atoms with van der Waals surface area (Å²) in [6.07, 6.45) is 8.83. The largest absolute Gasteiger partial charge is 0.394 e. The fraction of sp³-hybridized carbons (Fsp3) is 0.867. The highest BCUT2D eigenvalue weighted by molar-refractivity contribution is 7.80. The summed E-state index contributed by atoms with van der Waals surface area (Å²) < 4.78 is 0. The minimum Gasteiger partial charge on any atom is -0.394 e. The van der Waals surface area contributed by atoms with E-state index >= 15 is 0 Å². The molecule has 2 rings (SSSR count). The first kappa shape index (κ1) is 15.7. The maximum absolute atomic E-state index is 13.1. The second-order valence-corrected chi connectivity index (χ2v) is 6.63. The van der Waals surface area contributed by atoms with Crippen molar-refractivity contribution in [2.24, 2.45) is 11.1 Å². The molecule has 1 unspecified atom stereocenters. The van der Waals surface area contributed by atoms with Gasteiger partial charge in [-0.2, -0.15) is 0 Å². The molecule has 0 aromatic heterocycles. The summed E-state index contributed by atoms with van der Waals surface area (Å²) in [5.41, 5.74) is 5.31. The van der Waals surface area contributed by atoms with E-state index < -0.39 is 5.41 Å². The van der Waals surface area contributed by atoms with Crippen LogP contribution in [-0.4, -0.2) is 40.1 Å². The molecule has 20 heavy (non-hydrogen) atoms. The maximum Gasteiger partial charge on any atom is 0.235 e. The zero-order valence-electron chi connectivity index (χ0n) is 12.1. The first-order chi connectivity index (χ1) is 9.62. The summed E-state index contributed by atoms with van der Waals surface area (Å²) in [6, 6.07) is -0.0573. The Balaban J connectivity index is 2.23. The molecule has 0 aromatic rings. The average molecular weight is 298 g/mol. The number of rotatable bonds is 3. The van der Waals surface area contributed by atoms with E-state index in [9.17, 15) is 9.90 Å². The number of amides is 1. The lowest BCUT2D eigenvalue weighted by molar-refractivity contribution is -0.143. The predicted molar refractivity (Wildman–Crippen MR) is 83.4 cm³/mol. The summed E-state index contributed by atoms with van der Waals surface area (Å²) in [5, 5.41) is 9.60. The second-order valence-electron chi connectivity index (χ2n) is 6.19. The van der Waals surface area contributed by atoms with E-state index in [1.807, 2.05) is 4.90 Å². The SMILES string of the molecule is NC(=S)C1(C(=O)N2CCCCCC2CO)CCCCC1. The van der Waals surface area contributed by atoms with Gasteiger partial charge in [-0.3, -0.25) is 4.79 Å². The van der Waals surface area contributed by atoms with Gasteiger partial charge in [-0.1, -0.05) is 44.3 Å². The molecule has 1 saturated heterocycles. The lowest BCUT2D eigenvalue weighted by atomic mass is 9.72. The Hall–Kier alpha value is -0.680. The van der Waals surface area contributed by atoms with Crippen molar-refractivity contribution < 1.29 is 9.90 Å². The number of carbonyl (C=O) groups excluding carboxylic acids is 1. The van der Waals surface area contributed by atoms with Crippen LogP contribution in [0.15, 0.2) is 0 Å². The van der Waals surface area contributed by atoms with Gasteiger partial charge in [0, 0.05) is 6.54 Å². The number of nitrogens with two attached hydrogens (primary N) is 1. The molecule has 1 atom stereocenters. The zero-order chi connectivity index (χ0) is 14.6. The summed E-state index contributed by atoms with van der Waals surface area (Å²) in [5.74, 6) is 0.0747. The molecule has 0 aromatic carbocycles. The lowest BCUT2D eigenvalue weighted by Gasteiger charge is -2.41. The van der Waals surface area contributed by atoms with Crippen LogP contribution in [0.4, 0.5) is 0 Å². The van der Waals surface area contributed by atoms with Crippen molar-refractivity contribution in [2.45, 2.75) is 63.8 Å². The Morgan fingerprint density at radius 1 is 1.20 bits per heavy atom. The van der Waals surface area contributed by atoms with Crippen LogP contribution in [-0.2, 0) is 4.79 Å². The molecular weight excluding hydrogens is 272 g/mol. The minimum atomic E-state index is -0.647. The number of carbonyl (C=O) groups is 1. The van der Waals surface area contributed by atoms with E-state index in [1.54, 1.807) is 0 Å². The first-order valence-electron chi connectivity index (χ1n) is 7.83. The Kier molecular flexibility index (Phi) is 5.38. The van der Waals surface area contributed by atoms with Crippen LogP contribution in [0.3, 0.4) is 0 Å². The number of thiocarbonyl (C=S) groups is 1. The minimum absolute atomic E-state index is 0.0408. The third kappa shape index (κ3) is 2.98. The lowest BCUT2D eigenvalue weighted by Crippen LogP contribution is -2.55. The van der Waals surface area contributed by atoms with Crippen LogP contribution in [0.2, 0.25) is 0 Å². The Bertz CT molecular complexity index is 367. The summed E-state index contributed by atoms with van der Waals surface area (Å²) >= 11 is 5.25. The first-order valence-corrected chi connectivity index (χ1v) is 8.24. The number of aliphatic hydroxyl groups excluding tert-OH is 1. The number of aliphatic hydroxyl groups is 1. The highest BCUT2D eigenvalue weighted by Crippen LogP contribution is 2.39. The molecule has 1 aliphatic heterocycles. The van der Waals surface area contributed by atoms with E-state index in [2.05, 4.69) is 0 Å². The van der Waals surface area contributed by atoms with Crippen molar-refractivity contribution in [3.8, 4) is 0 Å². The van der Waals surface area contributed by atoms with Crippen molar-refractivity contribution in [3.05, 3.63) is 0 Å². The van der Waals surface area contributed by atoms with Crippen molar-refractivity contribution >= 4 is 23.1 Å². The molecular formula is C15H26N2O2S. The second kappa shape index (κ2) is 6.85.